The van der Waals surface area contributed by atoms with Crippen LogP contribution in [0.4, 0.5) is 0 Å². The Balaban J connectivity index is 2.18. The standard InChI is InChI=1S/C17H28N2O/c1-4-11-18-13-14-8-7-12-19(2)17(14)15-9-5-6-10-16(15)20-3/h5-6,9-10,14,17-18H,4,7-8,11-13H2,1-3H3. The van der Waals surface area contributed by atoms with Gasteiger partial charge >= 0.3 is 0 Å². The van der Waals surface area contributed by atoms with Gasteiger partial charge in [-0.3, -0.25) is 4.90 Å². The summed E-state index contributed by atoms with van der Waals surface area (Å²) in [6.45, 7) is 5.60. The zero-order valence-corrected chi connectivity index (χ0v) is 13.1. The Bertz CT molecular complexity index is 408. The van der Waals surface area contributed by atoms with Crippen LogP contribution in [0.5, 0.6) is 5.75 Å². The lowest BCUT2D eigenvalue weighted by Crippen LogP contribution is -2.40. The van der Waals surface area contributed by atoms with Crippen molar-refractivity contribution in [2.75, 3.05) is 33.8 Å². The molecule has 0 saturated carbocycles. The van der Waals surface area contributed by atoms with Gasteiger partial charge in [0.15, 0.2) is 0 Å². The first-order valence-electron chi connectivity index (χ1n) is 7.81. The van der Waals surface area contributed by atoms with Crippen LogP contribution in [0.25, 0.3) is 0 Å². The van der Waals surface area contributed by atoms with Crippen molar-refractivity contribution in [3.63, 3.8) is 0 Å². The molecule has 1 aromatic carbocycles. The van der Waals surface area contributed by atoms with E-state index in [1.54, 1.807) is 7.11 Å². The Kier molecular flexibility index (Phi) is 5.86. The molecule has 1 aliphatic heterocycles. The van der Waals surface area contributed by atoms with Gasteiger partial charge in [-0.2, -0.15) is 0 Å². The molecule has 1 fully saturated rings. The summed E-state index contributed by atoms with van der Waals surface area (Å²) in [4.78, 5) is 2.49. The molecule has 112 valence electrons. The molecule has 1 heterocycles. The smallest absolute Gasteiger partial charge is 0.123 e. The topological polar surface area (TPSA) is 24.5 Å². The van der Waals surface area contributed by atoms with Crippen LogP contribution < -0.4 is 10.1 Å². The quantitative estimate of drug-likeness (QED) is 0.808. The van der Waals surface area contributed by atoms with E-state index in [-0.39, 0.29) is 0 Å². The second-order valence-corrected chi connectivity index (χ2v) is 5.77. The molecule has 3 heteroatoms. The zero-order chi connectivity index (χ0) is 14.4. The zero-order valence-electron chi connectivity index (χ0n) is 13.1. The molecule has 1 N–H and O–H groups in total. The lowest BCUT2D eigenvalue weighted by Gasteiger charge is -2.40. The van der Waals surface area contributed by atoms with Gasteiger partial charge in [0.1, 0.15) is 5.75 Å². The van der Waals surface area contributed by atoms with Gasteiger partial charge in [-0.15, -0.1) is 0 Å². The molecular formula is C17H28N2O. The highest BCUT2D eigenvalue weighted by Crippen LogP contribution is 2.38. The van der Waals surface area contributed by atoms with Gasteiger partial charge in [-0.25, -0.2) is 0 Å². The molecule has 3 nitrogen and oxygen atoms in total. The van der Waals surface area contributed by atoms with Gasteiger partial charge in [0.05, 0.1) is 7.11 Å². The van der Waals surface area contributed by atoms with Gasteiger partial charge in [0.2, 0.25) is 0 Å². The summed E-state index contributed by atoms with van der Waals surface area (Å²) in [5.74, 6) is 1.68. The van der Waals surface area contributed by atoms with Crippen molar-refractivity contribution in [1.82, 2.24) is 10.2 Å². The number of para-hydroxylation sites is 1. The fourth-order valence-electron chi connectivity index (χ4n) is 3.34. The summed E-state index contributed by atoms with van der Waals surface area (Å²) < 4.78 is 5.57. The third kappa shape index (κ3) is 3.53. The van der Waals surface area contributed by atoms with E-state index >= 15 is 0 Å². The van der Waals surface area contributed by atoms with Crippen LogP contribution >= 0.6 is 0 Å². The maximum atomic E-state index is 5.57. The lowest BCUT2D eigenvalue weighted by atomic mass is 9.84. The Morgan fingerprint density at radius 3 is 2.90 bits per heavy atom. The molecule has 0 spiro atoms. The van der Waals surface area contributed by atoms with E-state index in [0.717, 1.165) is 18.8 Å². The highest BCUT2D eigenvalue weighted by Gasteiger charge is 2.31. The molecular weight excluding hydrogens is 248 g/mol. The predicted molar refractivity (Wildman–Crippen MR) is 84.2 cm³/mol. The first-order valence-corrected chi connectivity index (χ1v) is 7.81. The molecule has 1 saturated heterocycles. The fraction of sp³-hybridized carbons (Fsp3) is 0.647. The van der Waals surface area contributed by atoms with E-state index in [2.05, 4.69) is 48.5 Å². The lowest BCUT2D eigenvalue weighted by molar-refractivity contribution is 0.117. The first-order chi connectivity index (χ1) is 9.77. The van der Waals surface area contributed by atoms with Gasteiger partial charge < -0.3 is 10.1 Å². The minimum absolute atomic E-state index is 0.462. The molecule has 2 unspecified atom stereocenters. The van der Waals surface area contributed by atoms with Crippen LogP contribution in [0.15, 0.2) is 24.3 Å². The number of nitrogens with zero attached hydrogens (tertiary/aromatic N) is 1. The summed E-state index contributed by atoms with van der Waals surface area (Å²) >= 11 is 0. The SMILES string of the molecule is CCCNCC1CCCN(C)C1c1ccccc1OC. The predicted octanol–water partition coefficient (Wildman–Crippen LogP) is 3.08. The van der Waals surface area contributed by atoms with E-state index in [4.69, 9.17) is 4.74 Å². The summed E-state index contributed by atoms with van der Waals surface area (Å²) in [6, 6.07) is 8.93. The normalized spacial score (nSPS) is 23.8. The van der Waals surface area contributed by atoms with Crippen molar-refractivity contribution in [2.24, 2.45) is 5.92 Å². The number of hydrogen-bond acceptors (Lipinski definition) is 3. The molecule has 0 amide bonds. The van der Waals surface area contributed by atoms with Gasteiger partial charge in [-0.05, 0) is 57.9 Å². The highest BCUT2D eigenvalue weighted by molar-refractivity contribution is 5.36. The fourth-order valence-corrected chi connectivity index (χ4v) is 3.34. The van der Waals surface area contributed by atoms with Gasteiger partial charge in [0, 0.05) is 11.6 Å². The van der Waals surface area contributed by atoms with Crippen molar-refractivity contribution in [3.8, 4) is 5.75 Å². The monoisotopic (exact) mass is 276 g/mol. The minimum atomic E-state index is 0.462. The summed E-state index contributed by atoms with van der Waals surface area (Å²) in [5, 5.41) is 3.60. The Morgan fingerprint density at radius 1 is 1.35 bits per heavy atom. The second-order valence-electron chi connectivity index (χ2n) is 5.77. The number of ether oxygens (including phenoxy) is 1. The maximum absolute atomic E-state index is 5.57. The van der Waals surface area contributed by atoms with Crippen LogP contribution in [0.3, 0.4) is 0 Å². The summed E-state index contributed by atoms with van der Waals surface area (Å²) in [7, 11) is 4.01. The van der Waals surface area contributed by atoms with E-state index in [0.29, 0.717) is 12.0 Å². The van der Waals surface area contributed by atoms with E-state index in [9.17, 15) is 0 Å². The number of benzene rings is 1. The Morgan fingerprint density at radius 2 is 2.15 bits per heavy atom. The Hall–Kier alpha value is -1.06. The number of rotatable bonds is 6. The molecule has 2 rings (SSSR count). The van der Waals surface area contributed by atoms with Gasteiger partial charge in [0.25, 0.3) is 0 Å². The van der Waals surface area contributed by atoms with Crippen molar-refractivity contribution < 1.29 is 4.74 Å². The Labute approximate surface area is 123 Å². The number of hydrogen-bond donors (Lipinski definition) is 1. The average molecular weight is 276 g/mol. The molecule has 1 aliphatic rings. The third-order valence-corrected chi connectivity index (χ3v) is 4.30. The van der Waals surface area contributed by atoms with Crippen LogP contribution in [0.1, 0.15) is 37.8 Å². The molecule has 0 aromatic heterocycles. The van der Waals surface area contributed by atoms with E-state index < -0.39 is 0 Å². The van der Waals surface area contributed by atoms with Gasteiger partial charge in [-0.1, -0.05) is 25.1 Å². The molecule has 1 aromatic rings. The van der Waals surface area contributed by atoms with E-state index in [1.807, 2.05) is 0 Å². The van der Waals surface area contributed by atoms with Crippen LogP contribution in [-0.4, -0.2) is 38.7 Å². The van der Waals surface area contributed by atoms with Crippen LogP contribution in [0, 0.1) is 5.92 Å². The minimum Gasteiger partial charge on any atom is -0.496 e. The third-order valence-electron chi connectivity index (χ3n) is 4.30. The molecule has 2 atom stereocenters. The summed E-state index contributed by atoms with van der Waals surface area (Å²) in [6.07, 6.45) is 3.78. The van der Waals surface area contributed by atoms with Crippen molar-refractivity contribution >= 4 is 0 Å². The van der Waals surface area contributed by atoms with Crippen molar-refractivity contribution in [1.29, 1.82) is 0 Å². The maximum Gasteiger partial charge on any atom is 0.123 e. The highest BCUT2D eigenvalue weighted by atomic mass is 16.5. The van der Waals surface area contributed by atoms with Crippen molar-refractivity contribution in [3.05, 3.63) is 29.8 Å². The van der Waals surface area contributed by atoms with E-state index in [1.165, 1.54) is 31.4 Å². The van der Waals surface area contributed by atoms with Crippen LogP contribution in [-0.2, 0) is 0 Å². The largest absolute Gasteiger partial charge is 0.496 e. The van der Waals surface area contributed by atoms with Crippen LogP contribution in [0.2, 0.25) is 0 Å². The molecule has 0 aliphatic carbocycles. The number of methoxy groups -OCH3 is 1. The number of likely N-dealkylation sites (tertiary alicyclic amines) is 1. The molecule has 20 heavy (non-hydrogen) atoms. The molecule has 0 radical (unpaired) electrons. The summed E-state index contributed by atoms with van der Waals surface area (Å²) in [5.41, 5.74) is 1.33. The first kappa shape index (κ1) is 15.3. The molecule has 0 bridgehead atoms. The average Bonchev–Trinajstić information content (AvgIpc) is 2.48. The van der Waals surface area contributed by atoms with Crippen molar-refractivity contribution in [2.45, 2.75) is 32.2 Å². The second kappa shape index (κ2) is 7.65. The number of piperidine rings is 1. The number of nitrogens with one attached hydrogen (secondary N) is 1.